The van der Waals surface area contributed by atoms with Gasteiger partial charge in [-0.15, -0.1) is 0 Å². The van der Waals surface area contributed by atoms with Crippen LogP contribution >= 0.6 is 0 Å². The van der Waals surface area contributed by atoms with E-state index in [4.69, 9.17) is 28.4 Å². The van der Waals surface area contributed by atoms with Crippen molar-refractivity contribution < 1.29 is 64.2 Å². The van der Waals surface area contributed by atoms with Crippen LogP contribution in [-0.4, -0.2) is 135 Å². The van der Waals surface area contributed by atoms with E-state index in [0.29, 0.717) is 41.4 Å². The lowest BCUT2D eigenvalue weighted by atomic mass is 9.44. The average molecular weight is 741 g/mol. The van der Waals surface area contributed by atoms with Crippen LogP contribution in [0.25, 0.3) is 0 Å². The first kappa shape index (κ1) is 38.4. The van der Waals surface area contributed by atoms with E-state index in [-0.39, 0.29) is 23.0 Å². The lowest BCUT2D eigenvalue weighted by molar-refractivity contribution is -0.373. The summed E-state index contributed by atoms with van der Waals surface area (Å²) in [5.41, 5.74) is 0.425. The minimum absolute atomic E-state index is 0.168. The Bertz CT molecular complexity index is 1260. The van der Waals surface area contributed by atoms with Crippen molar-refractivity contribution in [3.63, 3.8) is 0 Å². The van der Waals surface area contributed by atoms with Crippen molar-refractivity contribution in [2.24, 2.45) is 52.3 Å². The van der Waals surface area contributed by atoms with Crippen LogP contribution < -0.4 is 0 Å². The molecule has 22 atom stereocenters. The van der Waals surface area contributed by atoms with Gasteiger partial charge in [-0.25, -0.2) is 0 Å². The Morgan fingerprint density at radius 2 is 1.37 bits per heavy atom. The van der Waals surface area contributed by atoms with Crippen molar-refractivity contribution in [3.05, 3.63) is 0 Å². The minimum Gasteiger partial charge on any atom is -0.394 e. The first-order valence-corrected chi connectivity index (χ1v) is 20.3. The van der Waals surface area contributed by atoms with Crippen LogP contribution in [0.2, 0.25) is 0 Å². The maximum atomic E-state index is 11.1. The van der Waals surface area contributed by atoms with Gasteiger partial charge < -0.3 is 64.2 Å². The lowest BCUT2D eigenvalue weighted by Gasteiger charge is -2.61. The van der Waals surface area contributed by atoms with Gasteiger partial charge in [-0.2, -0.15) is 0 Å². The van der Waals surface area contributed by atoms with Crippen molar-refractivity contribution in [1.82, 2.24) is 0 Å². The molecule has 1 spiro atoms. The Kier molecular flexibility index (Phi) is 10.4. The molecule has 0 radical (unpaired) electrons. The molecule has 4 saturated carbocycles. The van der Waals surface area contributed by atoms with Gasteiger partial charge >= 0.3 is 0 Å². The van der Waals surface area contributed by atoms with Gasteiger partial charge in [-0.05, 0) is 104 Å². The summed E-state index contributed by atoms with van der Waals surface area (Å²) in [6, 6.07) is 0. The average Bonchev–Trinajstić information content (AvgIpc) is 3.58. The van der Waals surface area contributed by atoms with Gasteiger partial charge in [-0.1, -0.05) is 27.7 Å². The monoisotopic (exact) mass is 740 g/mol. The summed E-state index contributed by atoms with van der Waals surface area (Å²) in [7, 11) is 0. The summed E-state index contributed by atoms with van der Waals surface area (Å²) < 4.78 is 37.5. The molecule has 52 heavy (non-hydrogen) atoms. The molecule has 7 N–H and O–H groups in total. The van der Waals surface area contributed by atoms with E-state index < -0.39 is 80.4 Å². The van der Waals surface area contributed by atoms with E-state index in [2.05, 4.69) is 27.7 Å². The van der Waals surface area contributed by atoms with E-state index >= 15 is 0 Å². The summed E-state index contributed by atoms with van der Waals surface area (Å²) >= 11 is 0. The summed E-state index contributed by atoms with van der Waals surface area (Å²) in [5.74, 6) is 3.51. The van der Waals surface area contributed by atoms with Gasteiger partial charge in [0.2, 0.25) is 0 Å². The van der Waals surface area contributed by atoms with E-state index in [1.54, 1.807) is 0 Å². The molecule has 8 fully saturated rings. The van der Waals surface area contributed by atoms with Crippen LogP contribution in [-0.2, 0) is 28.4 Å². The molecule has 16 unspecified atom stereocenters. The van der Waals surface area contributed by atoms with Crippen LogP contribution in [0.4, 0.5) is 0 Å². The van der Waals surface area contributed by atoms with E-state index in [1.165, 1.54) is 25.7 Å². The number of aliphatic hydroxyl groups is 7. The summed E-state index contributed by atoms with van der Waals surface area (Å²) in [4.78, 5) is 0. The smallest absolute Gasteiger partial charge is 0.187 e. The highest BCUT2D eigenvalue weighted by molar-refractivity contribution is 5.15. The molecule has 13 nitrogen and oxygen atoms in total. The van der Waals surface area contributed by atoms with E-state index in [9.17, 15) is 35.7 Å². The van der Waals surface area contributed by atoms with Gasteiger partial charge in [0, 0.05) is 12.3 Å². The van der Waals surface area contributed by atoms with Crippen LogP contribution in [0, 0.1) is 52.3 Å². The van der Waals surface area contributed by atoms with Crippen molar-refractivity contribution in [1.29, 1.82) is 0 Å². The Morgan fingerprint density at radius 3 is 2.06 bits per heavy atom. The predicted molar refractivity (Wildman–Crippen MR) is 183 cm³/mol. The number of aliphatic hydroxyl groups excluding tert-OH is 7. The van der Waals surface area contributed by atoms with Crippen LogP contribution in [0.5, 0.6) is 0 Å². The highest BCUT2D eigenvalue weighted by Gasteiger charge is 2.69. The zero-order valence-electron chi connectivity index (χ0n) is 31.2. The highest BCUT2D eigenvalue weighted by Crippen LogP contribution is 2.71. The van der Waals surface area contributed by atoms with Gasteiger partial charge in [0.15, 0.2) is 18.4 Å². The van der Waals surface area contributed by atoms with Gasteiger partial charge in [-0.3, -0.25) is 0 Å². The number of fused-ring (bicyclic) bond motifs is 7. The minimum atomic E-state index is -1.71. The van der Waals surface area contributed by atoms with E-state index in [1.807, 2.05) is 0 Å². The number of rotatable bonds is 6. The van der Waals surface area contributed by atoms with Crippen molar-refractivity contribution >= 4 is 0 Å². The molecular weight excluding hydrogens is 676 g/mol. The van der Waals surface area contributed by atoms with Crippen LogP contribution in [0.3, 0.4) is 0 Å². The zero-order valence-corrected chi connectivity index (χ0v) is 31.2. The fraction of sp³-hybridized carbons (Fsp3) is 1.00. The maximum Gasteiger partial charge on any atom is 0.187 e. The molecule has 8 aliphatic rings. The standard InChI is InChI=1S/C39H64O13/c1-18-7-12-39(47-17-18)19(2)28-25(52-39)14-24-22-6-5-20-13-21(8-10-37(20,3)23(22)9-11-38(24,28)4)48-36-34(32(45)30(43)27(16-41)50-36)51-35-33(46)31(44)29(42)26(15-40)49-35/h18-36,40-46H,5-17H2,1-4H3/t18-,19-,20+,21?,22?,23?,24?,25?,26?,27?,28?,29?,30?,31?,32?,33?,34?,35?,36?,37-,38-,39+/m0/s1. The number of hydrogen-bond acceptors (Lipinski definition) is 13. The van der Waals surface area contributed by atoms with Crippen LogP contribution in [0.1, 0.15) is 91.9 Å². The largest absolute Gasteiger partial charge is 0.394 e. The van der Waals surface area contributed by atoms with Gasteiger partial charge in [0.25, 0.3) is 0 Å². The second-order valence-corrected chi connectivity index (χ2v) is 18.7. The third kappa shape index (κ3) is 5.98. The molecule has 4 heterocycles. The summed E-state index contributed by atoms with van der Waals surface area (Å²) in [6.45, 7) is 9.33. The van der Waals surface area contributed by atoms with Gasteiger partial charge in [0.05, 0.1) is 32.0 Å². The number of ether oxygens (including phenoxy) is 6. The maximum absolute atomic E-state index is 11.1. The van der Waals surface area contributed by atoms with Crippen molar-refractivity contribution in [2.75, 3.05) is 19.8 Å². The zero-order chi connectivity index (χ0) is 36.9. The Morgan fingerprint density at radius 1 is 0.673 bits per heavy atom. The van der Waals surface area contributed by atoms with Crippen LogP contribution in [0.15, 0.2) is 0 Å². The molecule has 0 bridgehead atoms. The second-order valence-electron chi connectivity index (χ2n) is 18.7. The molecule has 8 rings (SSSR count). The van der Waals surface area contributed by atoms with E-state index in [0.717, 1.165) is 45.1 Å². The molecule has 0 aromatic heterocycles. The molecule has 13 heteroatoms. The van der Waals surface area contributed by atoms with Gasteiger partial charge in [0.1, 0.15) is 48.8 Å². The molecule has 0 amide bonds. The topological polar surface area (TPSA) is 197 Å². The Labute approximate surface area is 307 Å². The molecule has 4 saturated heterocycles. The number of hydrogen-bond donors (Lipinski definition) is 7. The summed E-state index contributed by atoms with van der Waals surface area (Å²) in [5, 5.41) is 72.7. The Balaban J connectivity index is 0.942. The molecule has 4 aliphatic carbocycles. The normalized spacial score (nSPS) is 59.0. The first-order chi connectivity index (χ1) is 24.7. The fourth-order valence-electron chi connectivity index (χ4n) is 13.2. The first-order valence-electron chi connectivity index (χ1n) is 20.3. The second kappa shape index (κ2) is 14.1. The molecule has 0 aromatic rings. The molecular formula is C39H64O13. The summed E-state index contributed by atoms with van der Waals surface area (Å²) in [6.07, 6.45) is -3.88. The van der Waals surface area contributed by atoms with Crippen molar-refractivity contribution in [2.45, 2.75) is 171 Å². The lowest BCUT2D eigenvalue weighted by Crippen LogP contribution is -2.65. The highest BCUT2D eigenvalue weighted by atomic mass is 16.8. The molecule has 298 valence electrons. The van der Waals surface area contributed by atoms with Crippen molar-refractivity contribution in [3.8, 4) is 0 Å². The molecule has 4 aliphatic heterocycles. The quantitative estimate of drug-likeness (QED) is 0.194. The third-order valence-corrected chi connectivity index (χ3v) is 16.2. The Hall–Kier alpha value is -0.520. The SMILES string of the molecule is C[C@H]1CC[C@@]2(OC1)OC1CC3C4CC[C@@H]5CC(OC6OC(CO)C(O)C(O)C6OC6OC(CO)C(O)C(O)C6O)CC[C@]5(C)C4CC[C@]3(C)C1[C@@H]2C. The fourth-order valence-corrected chi connectivity index (χ4v) is 13.2. The molecule has 0 aromatic carbocycles. The third-order valence-electron chi connectivity index (χ3n) is 16.2. The predicted octanol–water partition coefficient (Wildman–Crippen LogP) is 1.44.